The van der Waals surface area contributed by atoms with E-state index in [1.54, 1.807) is 6.20 Å². The Balaban J connectivity index is 2.62. The first-order chi connectivity index (χ1) is 8.67. The Morgan fingerprint density at radius 1 is 1.44 bits per heavy atom. The molecule has 102 valence electrons. The lowest BCUT2D eigenvalue weighted by molar-refractivity contribution is 0.240. The molecule has 0 saturated heterocycles. The maximum absolute atomic E-state index is 5.83. The van der Waals surface area contributed by atoms with Crippen LogP contribution >= 0.6 is 15.9 Å². The van der Waals surface area contributed by atoms with Crippen molar-refractivity contribution in [3.8, 4) is 5.88 Å². The van der Waals surface area contributed by atoms with Crippen LogP contribution in [0.4, 0.5) is 0 Å². The number of rotatable bonds is 8. The fourth-order valence-electron chi connectivity index (χ4n) is 1.78. The quantitative estimate of drug-likeness (QED) is 0.793. The molecule has 4 heteroatoms. The smallest absolute Gasteiger partial charge is 0.217 e. The van der Waals surface area contributed by atoms with Crippen molar-refractivity contribution in [2.24, 2.45) is 5.92 Å². The number of ether oxygens (including phenoxy) is 1. The molecule has 0 aliphatic carbocycles. The van der Waals surface area contributed by atoms with Crippen LogP contribution in [0.15, 0.2) is 16.7 Å². The summed E-state index contributed by atoms with van der Waals surface area (Å²) in [5, 5.41) is 3.30. The van der Waals surface area contributed by atoms with E-state index in [4.69, 9.17) is 4.74 Å². The lowest BCUT2D eigenvalue weighted by Crippen LogP contribution is -2.15. The van der Waals surface area contributed by atoms with Gasteiger partial charge in [0, 0.05) is 22.8 Å². The Bertz CT molecular complexity index is 358. The number of pyridine rings is 1. The van der Waals surface area contributed by atoms with Crippen molar-refractivity contribution >= 4 is 15.9 Å². The van der Waals surface area contributed by atoms with E-state index in [1.807, 2.05) is 0 Å². The van der Waals surface area contributed by atoms with Crippen molar-refractivity contribution in [2.45, 2.75) is 40.2 Å². The van der Waals surface area contributed by atoms with Gasteiger partial charge in [-0.15, -0.1) is 0 Å². The van der Waals surface area contributed by atoms with Gasteiger partial charge in [-0.2, -0.15) is 0 Å². The molecule has 0 saturated carbocycles. The second-order valence-electron chi connectivity index (χ2n) is 4.60. The third-order valence-corrected chi connectivity index (χ3v) is 3.18. The summed E-state index contributed by atoms with van der Waals surface area (Å²) in [6.07, 6.45) is 4.18. The van der Waals surface area contributed by atoms with E-state index in [2.05, 4.69) is 53.1 Å². The van der Waals surface area contributed by atoms with Gasteiger partial charge in [-0.3, -0.25) is 0 Å². The SMILES string of the molecule is CCCC(C)COc1ncc(Br)cc1CNCC. The van der Waals surface area contributed by atoms with Gasteiger partial charge in [-0.1, -0.05) is 27.2 Å². The highest BCUT2D eigenvalue weighted by Gasteiger charge is 2.08. The van der Waals surface area contributed by atoms with Crippen LogP contribution in [0.1, 0.15) is 39.2 Å². The zero-order chi connectivity index (χ0) is 13.4. The number of nitrogens with zero attached hydrogens (tertiary/aromatic N) is 1. The van der Waals surface area contributed by atoms with Crippen molar-refractivity contribution in [3.63, 3.8) is 0 Å². The first kappa shape index (κ1) is 15.4. The molecule has 1 unspecified atom stereocenters. The predicted molar refractivity (Wildman–Crippen MR) is 78.9 cm³/mol. The molecule has 1 rings (SSSR count). The molecule has 1 atom stereocenters. The minimum atomic E-state index is 0.576. The van der Waals surface area contributed by atoms with Gasteiger partial charge in [-0.25, -0.2) is 4.98 Å². The van der Waals surface area contributed by atoms with E-state index >= 15 is 0 Å². The van der Waals surface area contributed by atoms with Crippen LogP contribution in [-0.2, 0) is 6.54 Å². The molecule has 0 aliphatic heterocycles. The minimum absolute atomic E-state index is 0.576. The molecule has 1 aromatic heterocycles. The summed E-state index contributed by atoms with van der Waals surface area (Å²) in [4.78, 5) is 4.35. The molecule has 18 heavy (non-hydrogen) atoms. The Labute approximate surface area is 118 Å². The van der Waals surface area contributed by atoms with E-state index in [0.29, 0.717) is 5.92 Å². The van der Waals surface area contributed by atoms with Crippen LogP contribution in [0.5, 0.6) is 5.88 Å². The van der Waals surface area contributed by atoms with Gasteiger partial charge in [0.15, 0.2) is 0 Å². The second kappa shape index (κ2) is 8.48. The Morgan fingerprint density at radius 3 is 2.89 bits per heavy atom. The lowest BCUT2D eigenvalue weighted by atomic mass is 10.1. The van der Waals surface area contributed by atoms with Gasteiger partial charge in [0.05, 0.1) is 6.61 Å². The van der Waals surface area contributed by atoms with E-state index in [9.17, 15) is 0 Å². The highest BCUT2D eigenvalue weighted by molar-refractivity contribution is 9.10. The summed E-state index contributed by atoms with van der Waals surface area (Å²) in [5.74, 6) is 1.33. The van der Waals surface area contributed by atoms with Crippen molar-refractivity contribution < 1.29 is 4.74 Å². The van der Waals surface area contributed by atoms with Crippen molar-refractivity contribution in [1.29, 1.82) is 0 Å². The summed E-state index contributed by atoms with van der Waals surface area (Å²) in [6.45, 7) is 8.98. The van der Waals surface area contributed by atoms with Crippen LogP contribution in [0.3, 0.4) is 0 Å². The topological polar surface area (TPSA) is 34.1 Å². The standard InChI is InChI=1S/C14H23BrN2O/c1-4-6-11(3)10-18-14-12(8-16-5-2)7-13(15)9-17-14/h7,9,11,16H,4-6,8,10H2,1-3H3. The van der Waals surface area contributed by atoms with Gasteiger partial charge < -0.3 is 10.1 Å². The highest BCUT2D eigenvalue weighted by Crippen LogP contribution is 2.21. The number of halogens is 1. The molecule has 0 amide bonds. The molecule has 1 N–H and O–H groups in total. The summed E-state index contributed by atoms with van der Waals surface area (Å²) < 4.78 is 6.82. The average molecular weight is 315 g/mol. The van der Waals surface area contributed by atoms with E-state index < -0.39 is 0 Å². The Kier molecular flexibility index (Phi) is 7.28. The number of hydrogen-bond acceptors (Lipinski definition) is 3. The van der Waals surface area contributed by atoms with Crippen LogP contribution in [-0.4, -0.2) is 18.1 Å². The molecular formula is C14H23BrN2O. The molecular weight excluding hydrogens is 292 g/mol. The lowest BCUT2D eigenvalue weighted by Gasteiger charge is -2.14. The van der Waals surface area contributed by atoms with Crippen LogP contribution in [0, 0.1) is 5.92 Å². The summed E-state index contributed by atoms with van der Waals surface area (Å²) in [7, 11) is 0. The monoisotopic (exact) mass is 314 g/mol. The zero-order valence-electron chi connectivity index (χ0n) is 11.5. The fraction of sp³-hybridized carbons (Fsp3) is 0.643. The number of aromatic nitrogens is 1. The fourth-order valence-corrected chi connectivity index (χ4v) is 2.16. The van der Waals surface area contributed by atoms with Crippen LogP contribution in [0.2, 0.25) is 0 Å². The molecule has 0 fully saturated rings. The zero-order valence-corrected chi connectivity index (χ0v) is 13.1. The van der Waals surface area contributed by atoms with E-state index in [-0.39, 0.29) is 0 Å². The van der Waals surface area contributed by atoms with Gasteiger partial charge >= 0.3 is 0 Å². The van der Waals surface area contributed by atoms with Crippen molar-refractivity contribution in [2.75, 3.05) is 13.2 Å². The molecule has 3 nitrogen and oxygen atoms in total. The first-order valence-corrected chi connectivity index (χ1v) is 7.44. The molecule has 0 spiro atoms. The predicted octanol–water partition coefficient (Wildman–Crippen LogP) is 3.77. The molecule has 0 radical (unpaired) electrons. The maximum Gasteiger partial charge on any atom is 0.217 e. The number of nitrogens with one attached hydrogen (secondary N) is 1. The molecule has 0 aromatic carbocycles. The average Bonchev–Trinajstić information content (AvgIpc) is 2.35. The second-order valence-corrected chi connectivity index (χ2v) is 5.52. The van der Waals surface area contributed by atoms with Crippen molar-refractivity contribution in [3.05, 3.63) is 22.3 Å². The summed E-state index contributed by atoms with van der Waals surface area (Å²) in [6, 6.07) is 2.06. The first-order valence-electron chi connectivity index (χ1n) is 6.65. The molecule has 0 bridgehead atoms. The van der Waals surface area contributed by atoms with Gasteiger partial charge in [-0.05, 0) is 40.9 Å². The third kappa shape index (κ3) is 5.36. The minimum Gasteiger partial charge on any atom is -0.477 e. The Hall–Kier alpha value is -0.610. The maximum atomic E-state index is 5.83. The van der Waals surface area contributed by atoms with Gasteiger partial charge in [0.1, 0.15) is 0 Å². The Morgan fingerprint density at radius 2 is 2.22 bits per heavy atom. The molecule has 0 aliphatic rings. The highest BCUT2D eigenvalue weighted by atomic mass is 79.9. The van der Waals surface area contributed by atoms with Crippen LogP contribution in [0.25, 0.3) is 0 Å². The van der Waals surface area contributed by atoms with Crippen LogP contribution < -0.4 is 10.1 Å². The third-order valence-electron chi connectivity index (χ3n) is 2.74. The van der Waals surface area contributed by atoms with Gasteiger partial charge in [0.25, 0.3) is 0 Å². The normalized spacial score (nSPS) is 12.4. The molecule has 1 heterocycles. The number of hydrogen-bond donors (Lipinski definition) is 1. The van der Waals surface area contributed by atoms with E-state index in [0.717, 1.165) is 35.6 Å². The summed E-state index contributed by atoms with van der Waals surface area (Å²) >= 11 is 3.45. The molecule has 1 aromatic rings. The van der Waals surface area contributed by atoms with Gasteiger partial charge in [0.2, 0.25) is 5.88 Å². The van der Waals surface area contributed by atoms with Crippen molar-refractivity contribution in [1.82, 2.24) is 10.3 Å². The summed E-state index contributed by atoms with van der Waals surface area (Å²) in [5.41, 5.74) is 1.11. The largest absolute Gasteiger partial charge is 0.477 e. The van der Waals surface area contributed by atoms with E-state index in [1.165, 1.54) is 12.8 Å².